The van der Waals surface area contributed by atoms with Crippen molar-refractivity contribution in [1.29, 1.82) is 0 Å². The molecule has 0 radical (unpaired) electrons. The van der Waals surface area contributed by atoms with E-state index in [9.17, 15) is 19.5 Å². The Morgan fingerprint density at radius 3 is 2.33 bits per heavy atom. The topological polar surface area (TPSA) is 142 Å². The van der Waals surface area contributed by atoms with Crippen LogP contribution in [-0.4, -0.2) is 64.7 Å². The average molecular weight is 400 g/mol. The van der Waals surface area contributed by atoms with E-state index in [2.05, 4.69) is 15.0 Å². The molecule has 1 unspecified atom stereocenters. The fourth-order valence-corrected chi connectivity index (χ4v) is 3.43. The van der Waals surface area contributed by atoms with Gasteiger partial charge in [0.15, 0.2) is 18.4 Å². The molecule has 1 fully saturated rings. The highest BCUT2D eigenvalue weighted by atomic mass is 28.3. The number of aliphatic hydroxyl groups excluding tert-OH is 1. The summed E-state index contributed by atoms with van der Waals surface area (Å²) in [6.07, 6.45) is -3.13. The second-order valence-electron chi connectivity index (χ2n) is 7.14. The predicted octanol–water partition coefficient (Wildman–Crippen LogP) is -0.362. The lowest BCUT2D eigenvalue weighted by Crippen LogP contribution is -2.42. The maximum absolute atomic E-state index is 12.5. The van der Waals surface area contributed by atoms with Gasteiger partial charge in [-0.1, -0.05) is 19.6 Å². The third-order valence-electron chi connectivity index (χ3n) is 3.56. The molecule has 2 rings (SSSR count). The number of nitrogens with zero attached hydrogens (tertiary/aromatic N) is 3. The van der Waals surface area contributed by atoms with Crippen molar-refractivity contribution in [1.82, 2.24) is 14.5 Å². The molecule has 11 nitrogen and oxygen atoms in total. The Balaban J connectivity index is 2.37. The smallest absolute Gasteiger partial charge is 0.354 e. The first-order valence-electron chi connectivity index (χ1n) is 8.36. The van der Waals surface area contributed by atoms with Gasteiger partial charge in [0, 0.05) is 13.8 Å². The number of nitrogens with one attached hydrogen (secondary N) is 1. The second-order valence-corrected chi connectivity index (χ2v) is 11.9. The van der Waals surface area contributed by atoms with Crippen LogP contribution in [0, 0.1) is 0 Å². The zero-order chi connectivity index (χ0) is 20.4. The molecule has 1 aromatic heterocycles. The van der Waals surface area contributed by atoms with E-state index in [-0.39, 0.29) is 5.95 Å². The van der Waals surface area contributed by atoms with Gasteiger partial charge in [0.25, 0.3) is 0 Å². The molecule has 0 aliphatic carbocycles. The van der Waals surface area contributed by atoms with Crippen molar-refractivity contribution in [2.24, 2.45) is 0 Å². The van der Waals surface area contributed by atoms with Crippen LogP contribution < -0.4 is 10.7 Å². The van der Waals surface area contributed by atoms with Gasteiger partial charge in [0.1, 0.15) is 20.7 Å². The van der Waals surface area contributed by atoms with Crippen molar-refractivity contribution in [2.45, 2.75) is 58.0 Å². The summed E-state index contributed by atoms with van der Waals surface area (Å²) in [6, 6.07) is 0. The second kappa shape index (κ2) is 8.15. The van der Waals surface area contributed by atoms with E-state index in [1.54, 1.807) is 0 Å². The largest absolute Gasteiger partial charge is 0.456 e. The quantitative estimate of drug-likeness (QED) is 0.480. The van der Waals surface area contributed by atoms with Crippen molar-refractivity contribution < 1.29 is 28.9 Å². The zero-order valence-electron chi connectivity index (χ0n) is 15.8. The number of anilines is 1. The third kappa shape index (κ3) is 5.34. The molecule has 27 heavy (non-hydrogen) atoms. The Labute approximate surface area is 156 Å². The maximum atomic E-state index is 12.5. The fraction of sp³-hybridized carbons (Fsp3) is 0.667. The van der Waals surface area contributed by atoms with Crippen molar-refractivity contribution >= 4 is 26.1 Å². The van der Waals surface area contributed by atoms with Gasteiger partial charge in [-0.3, -0.25) is 14.2 Å². The molecular formula is C15H24N4O7Si. The highest BCUT2D eigenvalue weighted by Gasteiger charge is 2.50. The number of ether oxygens (including phenoxy) is 3. The molecule has 4 atom stereocenters. The zero-order valence-corrected chi connectivity index (χ0v) is 16.8. The lowest BCUT2D eigenvalue weighted by molar-refractivity contribution is -0.165. The van der Waals surface area contributed by atoms with Gasteiger partial charge in [0.05, 0.1) is 6.61 Å². The average Bonchev–Trinajstić information content (AvgIpc) is 2.82. The number of aliphatic hydroxyl groups is 1. The van der Waals surface area contributed by atoms with Crippen molar-refractivity contribution in [3.05, 3.63) is 16.8 Å². The van der Waals surface area contributed by atoms with Crippen molar-refractivity contribution in [3.63, 3.8) is 0 Å². The standard InChI is InChI=1S/C15H24N4O7Si/c1-8(21)24-11-10(6-20)26-13(12(11)25-9(2)22)19-7-16-14(17-15(19)23)18-27(3,4)5/h7,10-13,20H,6H2,1-5H3,(H,17,18,23)/t10-,11?,12+,13-/m1/s1. The molecule has 2 heterocycles. The third-order valence-corrected chi connectivity index (χ3v) is 4.53. The molecule has 12 heteroatoms. The van der Waals surface area contributed by atoms with Crippen LogP contribution in [0.3, 0.4) is 0 Å². The Bertz CT molecular complexity index is 763. The van der Waals surface area contributed by atoms with E-state index in [0.717, 1.165) is 4.57 Å². The molecule has 1 aromatic rings. The summed E-state index contributed by atoms with van der Waals surface area (Å²) in [5, 5.41) is 9.53. The first-order chi connectivity index (χ1) is 12.5. The van der Waals surface area contributed by atoms with Crippen LogP contribution in [0.25, 0.3) is 0 Å². The fourth-order valence-electron chi connectivity index (χ4n) is 2.64. The molecule has 150 valence electrons. The van der Waals surface area contributed by atoms with E-state index >= 15 is 0 Å². The number of esters is 2. The summed E-state index contributed by atoms with van der Waals surface area (Å²) in [5.74, 6) is -1.11. The van der Waals surface area contributed by atoms with E-state index < -0.39 is 57.0 Å². The van der Waals surface area contributed by atoms with E-state index in [4.69, 9.17) is 14.2 Å². The summed E-state index contributed by atoms with van der Waals surface area (Å²) in [5.41, 5.74) is -0.687. The van der Waals surface area contributed by atoms with Crippen LogP contribution >= 0.6 is 0 Å². The van der Waals surface area contributed by atoms with Gasteiger partial charge in [-0.05, 0) is 0 Å². The van der Waals surface area contributed by atoms with Crippen LogP contribution in [0.5, 0.6) is 0 Å². The van der Waals surface area contributed by atoms with E-state index in [0.29, 0.717) is 0 Å². The minimum Gasteiger partial charge on any atom is -0.456 e. The number of hydrogen-bond donors (Lipinski definition) is 2. The van der Waals surface area contributed by atoms with Gasteiger partial charge in [0.2, 0.25) is 5.95 Å². The summed E-state index contributed by atoms with van der Waals surface area (Å²) >= 11 is 0. The van der Waals surface area contributed by atoms with E-state index in [1.807, 2.05) is 19.6 Å². The van der Waals surface area contributed by atoms with Crippen molar-refractivity contribution in [2.75, 3.05) is 11.6 Å². The SMILES string of the molecule is CC(=O)OC1[C@@H](CO)O[C@@H](n2cnc(N[Si](C)(C)C)nc2=O)[C@H]1OC(C)=O. The number of carbonyl (C=O) groups excluding carboxylic acids is 2. The van der Waals surface area contributed by atoms with E-state index in [1.165, 1.54) is 20.2 Å². The van der Waals surface area contributed by atoms with Gasteiger partial charge >= 0.3 is 17.6 Å². The van der Waals surface area contributed by atoms with Crippen LogP contribution in [0.15, 0.2) is 11.1 Å². The summed E-state index contributed by atoms with van der Waals surface area (Å²) in [6.45, 7) is 7.92. The maximum Gasteiger partial charge on any atom is 0.354 e. The Hall–Kier alpha value is -2.31. The Morgan fingerprint density at radius 1 is 1.26 bits per heavy atom. The minimum absolute atomic E-state index is 0.188. The molecule has 1 aliphatic rings. The van der Waals surface area contributed by atoms with Gasteiger partial charge in [-0.25, -0.2) is 9.78 Å². The number of rotatable bonds is 6. The van der Waals surface area contributed by atoms with Crippen LogP contribution in [0.1, 0.15) is 20.1 Å². The summed E-state index contributed by atoms with van der Waals surface area (Å²) in [4.78, 5) is 46.4. The van der Waals surface area contributed by atoms with Crippen LogP contribution in [0.2, 0.25) is 19.6 Å². The monoisotopic (exact) mass is 400 g/mol. The molecule has 2 N–H and O–H groups in total. The molecular weight excluding hydrogens is 376 g/mol. The Kier molecular flexibility index (Phi) is 6.33. The minimum atomic E-state index is -1.77. The van der Waals surface area contributed by atoms with Crippen LogP contribution in [0.4, 0.5) is 5.95 Å². The molecule has 0 bridgehead atoms. The summed E-state index contributed by atoms with van der Waals surface area (Å²) in [7, 11) is -1.77. The normalized spacial score (nSPS) is 25.1. The first-order valence-corrected chi connectivity index (χ1v) is 11.9. The first kappa shape index (κ1) is 21.0. The lowest BCUT2D eigenvalue weighted by atomic mass is 10.1. The van der Waals surface area contributed by atoms with Gasteiger partial charge < -0.3 is 24.3 Å². The van der Waals surface area contributed by atoms with Crippen LogP contribution in [-0.2, 0) is 23.8 Å². The molecule has 0 aromatic carbocycles. The molecule has 0 amide bonds. The lowest BCUT2D eigenvalue weighted by Gasteiger charge is -2.23. The Morgan fingerprint density at radius 2 is 1.85 bits per heavy atom. The van der Waals surface area contributed by atoms with Crippen molar-refractivity contribution in [3.8, 4) is 0 Å². The summed E-state index contributed by atoms with van der Waals surface area (Å²) < 4.78 is 17.0. The molecule has 0 saturated carbocycles. The predicted molar refractivity (Wildman–Crippen MR) is 95.4 cm³/mol. The highest BCUT2D eigenvalue weighted by Crippen LogP contribution is 2.33. The molecule has 0 spiro atoms. The molecule has 1 aliphatic heterocycles. The number of hydrogen-bond acceptors (Lipinski definition) is 10. The van der Waals surface area contributed by atoms with Gasteiger partial charge in [-0.2, -0.15) is 4.98 Å². The number of carbonyl (C=O) groups is 2. The number of aromatic nitrogens is 3. The van der Waals surface area contributed by atoms with Gasteiger partial charge in [-0.15, -0.1) is 0 Å². The highest BCUT2D eigenvalue weighted by molar-refractivity contribution is 6.79. The molecule has 1 saturated heterocycles.